The van der Waals surface area contributed by atoms with Gasteiger partial charge in [0.15, 0.2) is 6.29 Å². The number of rotatable bonds is 4. The molecule has 0 aliphatic rings. The van der Waals surface area contributed by atoms with Gasteiger partial charge in [-0.15, -0.1) is 0 Å². The van der Waals surface area contributed by atoms with Crippen molar-refractivity contribution in [2.75, 3.05) is 0 Å². The first kappa shape index (κ1) is 14.8. The highest BCUT2D eigenvalue weighted by atomic mass is 35.5. The third-order valence-corrected chi connectivity index (χ3v) is 3.34. The summed E-state index contributed by atoms with van der Waals surface area (Å²) in [7, 11) is 0. The number of aryl methyl sites for hydroxylation is 1. The first-order chi connectivity index (χ1) is 9.51. The summed E-state index contributed by atoms with van der Waals surface area (Å²) in [4.78, 5) is 11.0. The Kier molecular flexibility index (Phi) is 4.63. The molecule has 2 nitrogen and oxygen atoms in total. The molecule has 104 valence electrons. The van der Waals surface area contributed by atoms with Gasteiger partial charge in [-0.25, -0.2) is 4.39 Å². The van der Waals surface area contributed by atoms with E-state index in [9.17, 15) is 9.18 Å². The van der Waals surface area contributed by atoms with E-state index in [4.69, 9.17) is 27.9 Å². The first-order valence-corrected chi connectivity index (χ1v) is 6.59. The Morgan fingerprint density at radius 1 is 1.25 bits per heavy atom. The summed E-state index contributed by atoms with van der Waals surface area (Å²) in [6.45, 7) is 1.97. The van der Waals surface area contributed by atoms with Crippen LogP contribution in [0.3, 0.4) is 0 Å². The number of hydrogen-bond acceptors (Lipinski definition) is 2. The number of halogens is 3. The molecule has 0 fully saturated rings. The minimum absolute atomic E-state index is 0.189. The van der Waals surface area contributed by atoms with Crippen molar-refractivity contribution >= 4 is 29.5 Å². The second kappa shape index (κ2) is 6.25. The number of benzene rings is 2. The number of hydrogen-bond donors (Lipinski definition) is 0. The minimum Gasteiger partial charge on any atom is -0.487 e. The van der Waals surface area contributed by atoms with Crippen molar-refractivity contribution in [2.24, 2.45) is 0 Å². The lowest BCUT2D eigenvalue weighted by Crippen LogP contribution is -2.01. The van der Waals surface area contributed by atoms with Crippen molar-refractivity contribution in [3.05, 3.63) is 62.9 Å². The van der Waals surface area contributed by atoms with Crippen LogP contribution >= 0.6 is 23.2 Å². The van der Waals surface area contributed by atoms with Crippen molar-refractivity contribution in [3.8, 4) is 5.75 Å². The van der Waals surface area contributed by atoms with Crippen LogP contribution in [0.25, 0.3) is 0 Å². The van der Waals surface area contributed by atoms with Gasteiger partial charge in [0.25, 0.3) is 0 Å². The van der Waals surface area contributed by atoms with Gasteiger partial charge >= 0.3 is 0 Å². The van der Waals surface area contributed by atoms with Crippen molar-refractivity contribution in [1.82, 2.24) is 0 Å². The lowest BCUT2D eigenvalue weighted by atomic mass is 10.1. The lowest BCUT2D eigenvalue weighted by molar-refractivity contribution is 0.111. The Morgan fingerprint density at radius 2 is 2.00 bits per heavy atom. The Balaban J connectivity index is 2.25. The number of aldehydes is 1. The van der Waals surface area contributed by atoms with E-state index in [1.165, 1.54) is 24.3 Å². The Bertz CT molecular complexity index is 657. The molecule has 0 radical (unpaired) electrons. The Morgan fingerprint density at radius 3 is 2.65 bits per heavy atom. The van der Waals surface area contributed by atoms with Gasteiger partial charge < -0.3 is 4.74 Å². The molecule has 0 heterocycles. The van der Waals surface area contributed by atoms with Crippen LogP contribution in [0.15, 0.2) is 30.3 Å². The Labute approximate surface area is 126 Å². The van der Waals surface area contributed by atoms with Gasteiger partial charge in [0.05, 0.1) is 10.6 Å². The summed E-state index contributed by atoms with van der Waals surface area (Å²) in [5, 5.41) is 0.627. The van der Waals surface area contributed by atoms with Crippen LogP contribution in [-0.4, -0.2) is 6.29 Å². The molecule has 2 aromatic rings. The highest BCUT2D eigenvalue weighted by Crippen LogP contribution is 2.32. The molecular weight excluding hydrogens is 302 g/mol. The van der Waals surface area contributed by atoms with Gasteiger partial charge in [0.2, 0.25) is 0 Å². The smallest absolute Gasteiger partial charge is 0.153 e. The molecule has 2 aromatic carbocycles. The fourth-order valence-corrected chi connectivity index (χ4v) is 2.35. The highest BCUT2D eigenvalue weighted by Gasteiger charge is 2.11. The fraction of sp³-hybridized carbons (Fsp3) is 0.133. The molecule has 0 aliphatic heterocycles. The maximum Gasteiger partial charge on any atom is 0.153 e. The van der Waals surface area contributed by atoms with Crippen LogP contribution in [0, 0.1) is 12.7 Å². The molecule has 0 saturated carbocycles. The van der Waals surface area contributed by atoms with Crippen molar-refractivity contribution in [2.45, 2.75) is 13.5 Å². The zero-order valence-electron chi connectivity index (χ0n) is 10.6. The zero-order chi connectivity index (χ0) is 14.7. The number of carbonyl (C=O) groups is 1. The van der Waals surface area contributed by atoms with E-state index in [0.717, 1.165) is 11.1 Å². The minimum atomic E-state index is -0.302. The molecule has 0 atom stereocenters. The second-order valence-electron chi connectivity index (χ2n) is 4.28. The molecule has 0 aliphatic carbocycles. The Hall–Kier alpha value is -1.58. The molecule has 0 aromatic heterocycles. The van der Waals surface area contributed by atoms with E-state index in [1.54, 1.807) is 13.0 Å². The second-order valence-corrected chi connectivity index (χ2v) is 5.13. The highest BCUT2D eigenvalue weighted by molar-refractivity contribution is 6.36. The molecule has 0 unspecified atom stereocenters. The van der Waals surface area contributed by atoms with Crippen LogP contribution in [0.1, 0.15) is 21.5 Å². The summed E-state index contributed by atoms with van der Waals surface area (Å²) in [6, 6.07) is 7.39. The van der Waals surface area contributed by atoms with Crippen molar-refractivity contribution in [3.63, 3.8) is 0 Å². The third kappa shape index (κ3) is 3.30. The largest absolute Gasteiger partial charge is 0.487 e. The molecule has 0 saturated heterocycles. The third-order valence-electron chi connectivity index (χ3n) is 2.84. The quantitative estimate of drug-likeness (QED) is 0.756. The molecular formula is C15H11Cl2FO2. The van der Waals surface area contributed by atoms with Gasteiger partial charge in [-0.2, -0.15) is 0 Å². The molecule has 20 heavy (non-hydrogen) atoms. The molecule has 0 spiro atoms. The molecule has 0 amide bonds. The molecule has 0 N–H and O–H groups in total. The van der Waals surface area contributed by atoms with E-state index in [0.29, 0.717) is 11.3 Å². The topological polar surface area (TPSA) is 26.3 Å². The van der Waals surface area contributed by atoms with Crippen LogP contribution in [0.5, 0.6) is 5.75 Å². The average molecular weight is 313 g/mol. The van der Waals surface area contributed by atoms with Crippen LogP contribution in [0.4, 0.5) is 4.39 Å². The fourth-order valence-electron chi connectivity index (χ4n) is 1.79. The first-order valence-electron chi connectivity index (χ1n) is 5.83. The van der Waals surface area contributed by atoms with Crippen molar-refractivity contribution < 1.29 is 13.9 Å². The van der Waals surface area contributed by atoms with Crippen molar-refractivity contribution in [1.29, 1.82) is 0 Å². The van der Waals surface area contributed by atoms with Crippen LogP contribution < -0.4 is 4.74 Å². The van der Waals surface area contributed by atoms with Gasteiger partial charge in [0.1, 0.15) is 18.2 Å². The monoisotopic (exact) mass is 312 g/mol. The van der Waals surface area contributed by atoms with Gasteiger partial charge in [-0.3, -0.25) is 4.79 Å². The summed E-state index contributed by atoms with van der Waals surface area (Å²) in [5.74, 6) is -0.0286. The van der Waals surface area contributed by atoms with E-state index in [2.05, 4.69) is 0 Å². The number of carbonyl (C=O) groups excluding carboxylic acids is 1. The lowest BCUT2D eigenvalue weighted by Gasteiger charge is -2.12. The molecule has 2 rings (SSSR count). The normalized spacial score (nSPS) is 10.4. The van der Waals surface area contributed by atoms with E-state index < -0.39 is 0 Å². The standard InChI is InChI=1S/C15H11Cl2FO2/c1-9-4-13(18)3-2-10(9)8-20-15-11(7-19)5-12(16)6-14(15)17/h2-7H,8H2,1H3. The average Bonchev–Trinajstić information content (AvgIpc) is 2.38. The van der Waals surface area contributed by atoms with E-state index in [-0.39, 0.29) is 28.8 Å². The van der Waals surface area contributed by atoms with Crippen LogP contribution in [-0.2, 0) is 6.61 Å². The van der Waals surface area contributed by atoms with E-state index >= 15 is 0 Å². The van der Waals surface area contributed by atoms with Crippen LogP contribution in [0.2, 0.25) is 10.0 Å². The molecule has 5 heteroatoms. The maximum atomic E-state index is 13.0. The van der Waals surface area contributed by atoms with E-state index in [1.807, 2.05) is 0 Å². The summed E-state index contributed by atoms with van der Waals surface area (Å²) >= 11 is 11.8. The predicted molar refractivity (Wildman–Crippen MR) is 77.3 cm³/mol. The SMILES string of the molecule is Cc1cc(F)ccc1COc1c(Cl)cc(Cl)cc1C=O. The summed E-state index contributed by atoms with van der Waals surface area (Å²) in [5.41, 5.74) is 1.86. The summed E-state index contributed by atoms with van der Waals surface area (Å²) < 4.78 is 18.6. The molecule has 0 bridgehead atoms. The zero-order valence-corrected chi connectivity index (χ0v) is 12.1. The number of ether oxygens (including phenoxy) is 1. The summed E-state index contributed by atoms with van der Waals surface area (Å²) in [6.07, 6.45) is 0.630. The van der Waals surface area contributed by atoms with Gasteiger partial charge in [0, 0.05) is 5.02 Å². The van der Waals surface area contributed by atoms with Gasteiger partial charge in [-0.1, -0.05) is 29.3 Å². The maximum absolute atomic E-state index is 13.0. The predicted octanol–water partition coefficient (Wildman–Crippen LogP) is 4.83. The van der Waals surface area contributed by atoms with Gasteiger partial charge in [-0.05, 0) is 42.3 Å².